The molecule has 0 fully saturated rings. The number of amides is 3. The Hall–Kier alpha value is -10.7. The fourth-order valence-electron chi connectivity index (χ4n) is 12.1. The number of anilines is 3. The molecule has 9 rings (SSSR count). The number of fused-ring (bicyclic) bond motifs is 3. The van der Waals surface area contributed by atoms with Gasteiger partial charge in [-0.3, -0.25) is 45.0 Å². The van der Waals surface area contributed by atoms with Gasteiger partial charge in [0, 0.05) is 112 Å². The summed E-state index contributed by atoms with van der Waals surface area (Å²) in [7, 11) is 0. The molecule has 3 heterocycles. The van der Waals surface area contributed by atoms with E-state index in [1.54, 1.807) is 36.4 Å². The van der Waals surface area contributed by atoms with E-state index >= 15 is 0 Å². The maximum Gasteiger partial charge on any atom is 0.252 e. The lowest BCUT2D eigenvalue weighted by Gasteiger charge is -2.28. The molecule has 24 nitrogen and oxygen atoms in total. The second-order valence-corrected chi connectivity index (χ2v) is 24.0. The second-order valence-electron chi connectivity index (χ2n) is 24.0. The molecule has 0 bridgehead atoms. The number of halogens is 1. The molecule has 0 saturated carbocycles. The fraction of sp³-hybridized carbons (Fsp3) is 0.271. The molecule has 3 atom stereocenters. The van der Waals surface area contributed by atoms with Gasteiger partial charge in [-0.05, 0) is 147 Å². The van der Waals surface area contributed by atoms with Crippen molar-refractivity contribution in [2.75, 3.05) is 35.6 Å². The number of guanidine groups is 3. The van der Waals surface area contributed by atoms with Crippen LogP contribution in [0.1, 0.15) is 94.9 Å². The van der Waals surface area contributed by atoms with Crippen LogP contribution in [0, 0.1) is 37.0 Å². The number of carbonyl (C=O) groups is 6. The number of carbonyl (C=O) groups excluding carboxylic acids is 6. The van der Waals surface area contributed by atoms with Crippen molar-refractivity contribution in [3.05, 3.63) is 196 Å². The summed E-state index contributed by atoms with van der Waals surface area (Å²) in [4.78, 5) is 96.7. The number of hydrogen-bond acceptors (Lipinski definition) is 12. The van der Waals surface area contributed by atoms with Crippen molar-refractivity contribution in [1.82, 2.24) is 30.9 Å². The van der Waals surface area contributed by atoms with E-state index in [9.17, 15) is 28.8 Å². The van der Waals surface area contributed by atoms with Crippen molar-refractivity contribution in [2.24, 2.45) is 34.4 Å². The molecule has 496 valence electrons. The highest BCUT2D eigenvalue weighted by atomic mass is 35.5. The summed E-state index contributed by atoms with van der Waals surface area (Å²) < 4.78 is 0. The molecule has 9 aromatic rings. The van der Waals surface area contributed by atoms with Crippen LogP contribution < -0.4 is 66.3 Å². The number of rotatable bonds is 30. The Morgan fingerprint density at radius 3 is 0.884 bits per heavy atom. The molecule has 24 N–H and O–H groups in total. The molecule has 0 aliphatic rings. The smallest absolute Gasteiger partial charge is 0.252 e. The van der Waals surface area contributed by atoms with Crippen LogP contribution in [0.2, 0.25) is 0 Å². The summed E-state index contributed by atoms with van der Waals surface area (Å²) in [5.41, 5.74) is 41.6. The number of H-pyrrole nitrogens is 3. The van der Waals surface area contributed by atoms with Gasteiger partial charge >= 0.3 is 0 Å². The van der Waals surface area contributed by atoms with E-state index in [-0.39, 0.29) is 108 Å². The van der Waals surface area contributed by atoms with Gasteiger partial charge in [-0.15, -0.1) is 12.4 Å². The normalized spacial score (nSPS) is 13.5. The summed E-state index contributed by atoms with van der Waals surface area (Å²) in [6.45, 7) is 6.17. The zero-order valence-electron chi connectivity index (χ0n) is 53.2. The van der Waals surface area contributed by atoms with Crippen LogP contribution in [0.15, 0.2) is 146 Å². The largest absolute Gasteiger partial charge is 0.370 e. The van der Waals surface area contributed by atoms with Crippen molar-refractivity contribution in [3.8, 4) is 0 Å². The predicted molar refractivity (Wildman–Crippen MR) is 377 cm³/mol. The molecule has 95 heavy (non-hydrogen) atoms. The van der Waals surface area contributed by atoms with Crippen LogP contribution >= 0.6 is 12.4 Å². The number of aryl methyl sites for hydroxylation is 3. The Labute approximate surface area is 555 Å². The number of ketones is 3. The number of nitrogens with two attached hydrogens (primary N) is 6. The lowest BCUT2D eigenvalue weighted by molar-refractivity contribution is -0.134. The molecule has 0 saturated heterocycles. The number of aromatic nitrogens is 3. The molecule has 0 spiro atoms. The maximum atomic E-state index is 14.5. The summed E-state index contributed by atoms with van der Waals surface area (Å²) in [5, 5.41) is 42.3. The summed E-state index contributed by atoms with van der Waals surface area (Å²) >= 11 is 0. The highest BCUT2D eigenvalue weighted by molar-refractivity contribution is 6.18. The first-order chi connectivity index (χ1) is 44.9. The highest BCUT2D eigenvalue weighted by Crippen LogP contribution is 2.36. The van der Waals surface area contributed by atoms with Gasteiger partial charge in [0.1, 0.15) is 0 Å². The molecule has 3 amide bonds. The van der Waals surface area contributed by atoms with Crippen LogP contribution in [0.5, 0.6) is 0 Å². The lowest BCUT2D eigenvalue weighted by atomic mass is 9.83. The first kappa shape index (κ1) is 70.2. The quantitative estimate of drug-likeness (QED) is 0.00724. The van der Waals surface area contributed by atoms with E-state index in [4.69, 9.17) is 50.6 Å². The van der Waals surface area contributed by atoms with Crippen molar-refractivity contribution < 1.29 is 28.8 Å². The third kappa shape index (κ3) is 16.2. The molecule has 3 aromatic heterocycles. The number of para-hydroxylation sites is 3. The molecule has 0 aliphatic heterocycles. The minimum Gasteiger partial charge on any atom is -0.370 e. The minimum atomic E-state index is -2.00. The zero-order chi connectivity index (χ0) is 67.5. The molecule has 0 aliphatic carbocycles. The highest BCUT2D eigenvalue weighted by Gasteiger charge is 2.44. The number of Topliss-reactive ketones (excluding diaryl/α,β-unsaturated/α-hetero) is 3. The van der Waals surface area contributed by atoms with Gasteiger partial charge in [0.2, 0.25) is 0 Å². The monoisotopic (exact) mass is 1310 g/mol. The van der Waals surface area contributed by atoms with Gasteiger partial charge in [0.05, 0.1) is 0 Å². The Kier molecular flexibility index (Phi) is 22.5. The molecule has 25 heteroatoms. The third-order valence-electron chi connectivity index (χ3n) is 17.5. The van der Waals surface area contributed by atoms with Crippen LogP contribution in [-0.2, 0) is 48.0 Å². The lowest BCUT2D eigenvalue weighted by Crippen LogP contribution is -2.58. The van der Waals surface area contributed by atoms with Gasteiger partial charge < -0.3 is 81.3 Å². The van der Waals surface area contributed by atoms with Crippen LogP contribution in [-0.4, -0.2) is 104 Å². The van der Waals surface area contributed by atoms with Crippen molar-refractivity contribution in [1.29, 1.82) is 16.2 Å². The summed E-state index contributed by atoms with van der Waals surface area (Å²) in [5.74, 6) is -5.06. The third-order valence-corrected chi connectivity index (χ3v) is 17.5. The Bertz CT molecular complexity index is 3900. The first-order valence-corrected chi connectivity index (χ1v) is 31.0. The SMILES string of the molecule is Cc1[nH]c2ccccc2c1CC(=O)[C@@](N)(CCCNC(=N)N)C(=O)Nc1ccc(C(c2ccc(NC(=O)[C@](N)(CCCNC(=N)N)C(=O)Cc3c(C)[nH]c4ccccc34)cc2)c2ccc(NC(=O)[C@](N)(CCCNC(=N)N)C(=O)Cc3c(C)[nH]c4ccccc34)cc2)cc1.Cl. The van der Waals surface area contributed by atoms with E-state index < -0.39 is 57.6 Å². The van der Waals surface area contributed by atoms with Crippen molar-refractivity contribution in [3.63, 3.8) is 0 Å². The Morgan fingerprint density at radius 1 is 0.400 bits per heavy atom. The topological polar surface area (TPSA) is 450 Å². The summed E-state index contributed by atoms with van der Waals surface area (Å²) in [6, 6.07) is 43.7. The molecule has 0 unspecified atom stereocenters. The number of hydrogen-bond donors (Lipinski definition) is 18. The van der Waals surface area contributed by atoms with Gasteiger partial charge in [0.15, 0.2) is 51.8 Å². The molecular weight excluding hydrogens is 1220 g/mol. The molecule has 0 radical (unpaired) electrons. The fourth-order valence-corrected chi connectivity index (χ4v) is 12.1. The van der Waals surface area contributed by atoms with E-state index in [1.165, 1.54) is 0 Å². The predicted octanol–water partition coefficient (Wildman–Crippen LogP) is 6.79. The van der Waals surface area contributed by atoms with E-state index in [0.717, 1.165) is 83.2 Å². The molecular formula is C70H83ClN18O6. The van der Waals surface area contributed by atoms with E-state index in [0.29, 0.717) is 17.1 Å². The second kappa shape index (κ2) is 30.4. The Morgan fingerprint density at radius 2 is 0.642 bits per heavy atom. The van der Waals surface area contributed by atoms with Crippen molar-refractivity contribution >= 4 is 115 Å². The average Bonchev–Trinajstić information content (AvgIpc) is 1.75. The number of benzene rings is 6. The van der Waals surface area contributed by atoms with Gasteiger partial charge in [0.25, 0.3) is 17.7 Å². The van der Waals surface area contributed by atoms with Crippen molar-refractivity contribution in [2.45, 2.75) is 101 Å². The van der Waals surface area contributed by atoms with Crippen LogP contribution in [0.4, 0.5) is 17.1 Å². The standard InChI is InChI=1S/C70H82N18O6.ClH/c1-40-52(49-13-4-7-16-55(49)83-40)37-58(89)68(77,31-10-34-80-65(71)72)62(92)86-46-25-19-43(20-26-46)61(44-21-27-47(28-22-44)87-63(93)69(78,32-11-35-81-66(73)74)59(90)38-53-41(2)84-56-17-8-5-14-50(53)56)45-23-29-48(30-24-45)88-64(94)70(79,33-12-36-82-67(75)76)60(91)39-54-42(3)85-57-18-9-6-15-51(54)57;/h4-9,13-30,61,83-85H,10-12,31-39,77-79H2,1-3H3,(H,86,92)(H,87,93)(H,88,94)(H4,71,72,80)(H4,73,74,81)(H4,75,76,82);1H/t68-,69-,70-;/m0./s1. The van der Waals surface area contributed by atoms with Gasteiger partial charge in [-0.25, -0.2) is 0 Å². The summed E-state index contributed by atoms with van der Waals surface area (Å²) in [6.07, 6.45) is 0.137. The van der Waals surface area contributed by atoms with E-state index in [1.807, 2.05) is 130 Å². The van der Waals surface area contributed by atoms with Gasteiger partial charge in [-0.1, -0.05) is 91.0 Å². The maximum absolute atomic E-state index is 14.5. The first-order valence-electron chi connectivity index (χ1n) is 31.0. The zero-order valence-corrected chi connectivity index (χ0v) is 54.1. The number of aromatic amines is 3. The molecule has 6 aromatic carbocycles. The van der Waals surface area contributed by atoms with E-state index in [2.05, 4.69) is 46.9 Å². The Balaban J connectivity index is 0.0000116. The minimum absolute atomic E-state index is 0. The van der Waals surface area contributed by atoms with Crippen LogP contribution in [0.25, 0.3) is 32.7 Å². The van der Waals surface area contributed by atoms with Gasteiger partial charge in [-0.2, -0.15) is 0 Å². The number of nitrogens with one attached hydrogen (secondary N) is 12. The average molecular weight is 1310 g/mol. The van der Waals surface area contributed by atoms with Crippen LogP contribution in [0.3, 0.4) is 0 Å².